The summed E-state index contributed by atoms with van der Waals surface area (Å²) >= 11 is 6.35. The molecular weight excluding hydrogens is 282 g/mol. The Morgan fingerprint density at radius 2 is 2.05 bits per heavy atom. The Balaban J connectivity index is 2.07. The van der Waals surface area contributed by atoms with Crippen LogP contribution < -0.4 is 10.2 Å². The first-order valence-electron chi connectivity index (χ1n) is 7.31. The molecule has 21 heavy (non-hydrogen) atoms. The summed E-state index contributed by atoms with van der Waals surface area (Å²) in [6.07, 6.45) is 2.76. The zero-order chi connectivity index (χ0) is 15.1. The van der Waals surface area contributed by atoms with Crippen molar-refractivity contribution in [3.63, 3.8) is 0 Å². The minimum atomic E-state index is 0.791. The summed E-state index contributed by atoms with van der Waals surface area (Å²) < 4.78 is 0. The fourth-order valence-electron chi connectivity index (χ4n) is 2.28. The SMILES string of the molecule is CCNCc1c(Cl)cccc1N(C)CCc1ccccn1. The van der Waals surface area contributed by atoms with Crippen molar-refractivity contribution >= 4 is 17.3 Å². The number of rotatable bonds is 7. The van der Waals surface area contributed by atoms with Crippen LogP contribution in [0.3, 0.4) is 0 Å². The molecule has 0 fully saturated rings. The maximum atomic E-state index is 6.35. The molecule has 4 heteroatoms. The Labute approximate surface area is 132 Å². The Kier molecular flexibility index (Phi) is 6.03. The lowest BCUT2D eigenvalue weighted by Gasteiger charge is -2.23. The number of hydrogen-bond acceptors (Lipinski definition) is 3. The van der Waals surface area contributed by atoms with Crippen molar-refractivity contribution in [1.29, 1.82) is 0 Å². The van der Waals surface area contributed by atoms with E-state index in [4.69, 9.17) is 11.6 Å². The number of halogens is 1. The van der Waals surface area contributed by atoms with Gasteiger partial charge in [-0.15, -0.1) is 0 Å². The number of nitrogens with zero attached hydrogens (tertiary/aromatic N) is 2. The molecule has 2 rings (SSSR count). The summed E-state index contributed by atoms with van der Waals surface area (Å²) in [6.45, 7) is 4.74. The Bertz CT molecular complexity index is 557. The van der Waals surface area contributed by atoms with E-state index >= 15 is 0 Å². The van der Waals surface area contributed by atoms with Gasteiger partial charge in [0.1, 0.15) is 0 Å². The maximum absolute atomic E-state index is 6.35. The highest BCUT2D eigenvalue weighted by molar-refractivity contribution is 6.31. The normalized spacial score (nSPS) is 10.6. The average Bonchev–Trinajstić information content (AvgIpc) is 2.52. The molecule has 0 unspecified atom stereocenters. The third-order valence-electron chi connectivity index (χ3n) is 3.49. The fourth-order valence-corrected chi connectivity index (χ4v) is 2.51. The van der Waals surface area contributed by atoms with Crippen LogP contribution in [-0.4, -0.2) is 25.1 Å². The third kappa shape index (κ3) is 4.45. The van der Waals surface area contributed by atoms with Crippen LogP contribution in [0, 0.1) is 0 Å². The van der Waals surface area contributed by atoms with Gasteiger partial charge >= 0.3 is 0 Å². The maximum Gasteiger partial charge on any atom is 0.0471 e. The van der Waals surface area contributed by atoms with Gasteiger partial charge < -0.3 is 10.2 Å². The van der Waals surface area contributed by atoms with Gasteiger partial charge in [0.05, 0.1) is 0 Å². The predicted octanol–water partition coefficient (Wildman–Crippen LogP) is 3.52. The predicted molar refractivity (Wildman–Crippen MR) is 90.0 cm³/mol. The number of pyridine rings is 1. The Morgan fingerprint density at radius 3 is 2.76 bits per heavy atom. The lowest BCUT2D eigenvalue weighted by atomic mass is 10.1. The molecule has 2 aromatic rings. The molecule has 0 aliphatic heterocycles. The van der Waals surface area contributed by atoms with Gasteiger partial charge in [-0.25, -0.2) is 0 Å². The van der Waals surface area contributed by atoms with Gasteiger partial charge in [0.2, 0.25) is 0 Å². The van der Waals surface area contributed by atoms with Crippen LogP contribution in [0.2, 0.25) is 5.02 Å². The van der Waals surface area contributed by atoms with Crippen LogP contribution in [0.5, 0.6) is 0 Å². The molecule has 0 saturated carbocycles. The smallest absolute Gasteiger partial charge is 0.0471 e. The van der Waals surface area contributed by atoms with Gasteiger partial charge in [-0.3, -0.25) is 4.98 Å². The van der Waals surface area contributed by atoms with E-state index in [-0.39, 0.29) is 0 Å². The van der Waals surface area contributed by atoms with Gasteiger partial charge in [-0.2, -0.15) is 0 Å². The average molecular weight is 304 g/mol. The number of aromatic nitrogens is 1. The summed E-state index contributed by atoms with van der Waals surface area (Å²) in [7, 11) is 2.10. The van der Waals surface area contributed by atoms with Crippen LogP contribution in [0.15, 0.2) is 42.6 Å². The van der Waals surface area contributed by atoms with Gasteiger partial charge in [-0.05, 0) is 30.8 Å². The molecule has 1 heterocycles. The van der Waals surface area contributed by atoms with Gasteiger partial charge in [-0.1, -0.05) is 30.7 Å². The summed E-state index contributed by atoms with van der Waals surface area (Å²) in [4.78, 5) is 6.61. The number of hydrogen-bond donors (Lipinski definition) is 1. The van der Waals surface area contributed by atoms with Gasteiger partial charge in [0.15, 0.2) is 0 Å². The van der Waals surface area contributed by atoms with Crippen molar-refractivity contribution in [3.8, 4) is 0 Å². The van der Waals surface area contributed by atoms with E-state index in [0.717, 1.165) is 42.3 Å². The van der Waals surface area contributed by atoms with Crippen molar-refractivity contribution in [2.45, 2.75) is 19.9 Å². The Hall–Kier alpha value is -1.58. The second-order valence-corrected chi connectivity index (χ2v) is 5.42. The van der Waals surface area contributed by atoms with Crippen molar-refractivity contribution in [2.75, 3.05) is 25.0 Å². The third-order valence-corrected chi connectivity index (χ3v) is 3.84. The van der Waals surface area contributed by atoms with Crippen LogP contribution in [0.25, 0.3) is 0 Å². The first kappa shape index (κ1) is 15.8. The molecule has 0 aliphatic carbocycles. The van der Waals surface area contributed by atoms with Crippen LogP contribution in [0.1, 0.15) is 18.2 Å². The summed E-state index contributed by atoms with van der Waals surface area (Å²) in [5.74, 6) is 0. The fraction of sp³-hybridized carbons (Fsp3) is 0.353. The summed E-state index contributed by atoms with van der Waals surface area (Å²) in [5, 5.41) is 4.17. The zero-order valence-corrected chi connectivity index (χ0v) is 13.4. The van der Waals surface area contributed by atoms with Crippen LogP contribution >= 0.6 is 11.6 Å². The van der Waals surface area contributed by atoms with E-state index in [1.54, 1.807) is 0 Å². The van der Waals surface area contributed by atoms with Crippen molar-refractivity contribution in [3.05, 3.63) is 58.9 Å². The van der Waals surface area contributed by atoms with E-state index in [0.29, 0.717) is 0 Å². The van der Waals surface area contributed by atoms with Gasteiger partial charge in [0.25, 0.3) is 0 Å². The molecule has 0 saturated heterocycles. The first-order valence-corrected chi connectivity index (χ1v) is 7.69. The lowest BCUT2D eigenvalue weighted by Crippen LogP contribution is -2.23. The molecule has 1 N–H and O–H groups in total. The number of likely N-dealkylation sites (N-methyl/N-ethyl adjacent to an activating group) is 1. The molecule has 0 radical (unpaired) electrons. The van der Waals surface area contributed by atoms with Crippen molar-refractivity contribution in [1.82, 2.24) is 10.3 Å². The molecule has 112 valence electrons. The first-order chi connectivity index (χ1) is 10.2. The van der Waals surface area contributed by atoms with Crippen molar-refractivity contribution < 1.29 is 0 Å². The second kappa shape index (κ2) is 8.01. The van der Waals surface area contributed by atoms with E-state index < -0.39 is 0 Å². The highest BCUT2D eigenvalue weighted by Crippen LogP contribution is 2.27. The van der Waals surface area contributed by atoms with E-state index in [9.17, 15) is 0 Å². The zero-order valence-electron chi connectivity index (χ0n) is 12.6. The topological polar surface area (TPSA) is 28.2 Å². The highest BCUT2D eigenvalue weighted by atomic mass is 35.5. The molecule has 1 aromatic carbocycles. The quantitative estimate of drug-likeness (QED) is 0.848. The molecule has 0 amide bonds. The molecule has 0 aliphatic rings. The van der Waals surface area contributed by atoms with E-state index in [2.05, 4.69) is 41.3 Å². The number of nitrogens with one attached hydrogen (secondary N) is 1. The second-order valence-electron chi connectivity index (χ2n) is 5.01. The van der Waals surface area contributed by atoms with E-state index in [1.807, 2.05) is 30.5 Å². The lowest BCUT2D eigenvalue weighted by molar-refractivity contribution is 0.722. The summed E-state index contributed by atoms with van der Waals surface area (Å²) in [6, 6.07) is 12.1. The molecule has 0 atom stereocenters. The van der Waals surface area contributed by atoms with Crippen LogP contribution in [-0.2, 0) is 13.0 Å². The molecule has 0 bridgehead atoms. The molecule has 0 spiro atoms. The van der Waals surface area contributed by atoms with Gasteiger partial charge in [0, 0.05) is 54.7 Å². The van der Waals surface area contributed by atoms with E-state index in [1.165, 1.54) is 5.69 Å². The Morgan fingerprint density at radius 1 is 1.19 bits per heavy atom. The number of anilines is 1. The largest absolute Gasteiger partial charge is 0.374 e. The minimum absolute atomic E-state index is 0.791. The molecule has 3 nitrogen and oxygen atoms in total. The molecular formula is C17H22ClN3. The van der Waals surface area contributed by atoms with Crippen molar-refractivity contribution in [2.24, 2.45) is 0 Å². The minimum Gasteiger partial charge on any atom is -0.374 e. The van der Waals surface area contributed by atoms with Crippen LogP contribution in [0.4, 0.5) is 5.69 Å². The standard InChI is InChI=1S/C17H22ClN3/c1-3-19-13-15-16(18)8-6-9-17(15)21(2)12-10-14-7-4-5-11-20-14/h4-9,11,19H,3,10,12-13H2,1-2H3. The summed E-state index contributed by atoms with van der Waals surface area (Å²) in [5.41, 5.74) is 3.45. The molecule has 1 aromatic heterocycles. The highest BCUT2D eigenvalue weighted by Gasteiger charge is 2.10. The monoisotopic (exact) mass is 303 g/mol. The number of benzene rings is 1.